The highest BCUT2D eigenvalue weighted by Gasteiger charge is 2.19. The quantitative estimate of drug-likeness (QED) is 0.631. The van der Waals surface area contributed by atoms with Crippen molar-refractivity contribution in [1.29, 1.82) is 0 Å². The number of benzene rings is 2. The molecule has 1 aromatic heterocycles. The lowest BCUT2D eigenvalue weighted by Gasteiger charge is -2.23. The fourth-order valence-electron chi connectivity index (χ4n) is 4.06. The molecule has 0 atom stereocenters. The molecule has 0 amide bonds. The highest BCUT2D eigenvalue weighted by atomic mass is 16.5. The van der Waals surface area contributed by atoms with Crippen molar-refractivity contribution in [3.05, 3.63) is 53.6 Å². The van der Waals surface area contributed by atoms with Gasteiger partial charge >= 0.3 is 5.97 Å². The molecule has 0 unspecified atom stereocenters. The molecule has 1 saturated carbocycles. The lowest BCUT2D eigenvalue weighted by molar-refractivity contribution is -0.136. The normalized spacial score (nSPS) is 15.1. The van der Waals surface area contributed by atoms with Crippen molar-refractivity contribution in [2.45, 2.75) is 51.6 Å². The molecule has 2 aromatic carbocycles. The predicted octanol–water partition coefficient (Wildman–Crippen LogP) is 5.48. The number of aromatic amines is 1. The summed E-state index contributed by atoms with van der Waals surface area (Å²) in [6.07, 6.45) is 6.19. The Labute approximate surface area is 159 Å². The van der Waals surface area contributed by atoms with Crippen molar-refractivity contribution in [2.24, 2.45) is 0 Å². The van der Waals surface area contributed by atoms with E-state index in [1.807, 2.05) is 43.3 Å². The summed E-state index contributed by atoms with van der Waals surface area (Å²) in [5.41, 5.74) is 4.80. The van der Waals surface area contributed by atoms with E-state index >= 15 is 0 Å². The number of ether oxygens (including phenoxy) is 1. The Morgan fingerprint density at radius 1 is 1.15 bits per heavy atom. The Hall–Kier alpha value is -2.75. The molecule has 0 bridgehead atoms. The van der Waals surface area contributed by atoms with Gasteiger partial charge in [-0.2, -0.15) is 0 Å². The second kappa shape index (κ2) is 7.47. The monoisotopic (exact) mass is 363 g/mol. The molecule has 0 radical (unpaired) electrons. The minimum atomic E-state index is -0.830. The van der Waals surface area contributed by atoms with Crippen LogP contribution in [0.1, 0.15) is 43.2 Å². The summed E-state index contributed by atoms with van der Waals surface area (Å²) in [5, 5.41) is 10.4. The maximum atomic E-state index is 11.5. The average molecular weight is 363 g/mol. The van der Waals surface area contributed by atoms with E-state index in [1.54, 1.807) is 0 Å². The average Bonchev–Trinajstić information content (AvgIpc) is 3.00. The molecule has 1 aliphatic carbocycles. The van der Waals surface area contributed by atoms with E-state index in [2.05, 4.69) is 11.1 Å². The Morgan fingerprint density at radius 3 is 2.70 bits per heavy atom. The molecule has 0 saturated heterocycles. The van der Waals surface area contributed by atoms with Crippen LogP contribution in [0, 0.1) is 6.92 Å². The van der Waals surface area contributed by atoms with E-state index in [1.165, 1.54) is 19.3 Å². The number of hydrogen-bond acceptors (Lipinski definition) is 2. The van der Waals surface area contributed by atoms with E-state index < -0.39 is 5.97 Å². The number of carbonyl (C=O) groups is 1. The van der Waals surface area contributed by atoms with Crippen molar-refractivity contribution >= 4 is 16.9 Å². The third-order valence-corrected chi connectivity index (χ3v) is 5.37. The van der Waals surface area contributed by atoms with Gasteiger partial charge in [-0.3, -0.25) is 4.79 Å². The lowest BCUT2D eigenvalue weighted by atomic mass is 9.97. The number of aryl methyl sites for hydroxylation is 1. The standard InChI is InChI=1S/C23H25NO3/c1-15-6-5-7-16(12-15)23-20(14-22(25)26)19-13-18(10-11-21(19)24-23)27-17-8-3-2-4-9-17/h5-7,10-13,17,24H,2-4,8-9,14H2,1H3,(H,25,26). The van der Waals surface area contributed by atoms with Crippen molar-refractivity contribution in [3.63, 3.8) is 0 Å². The largest absolute Gasteiger partial charge is 0.490 e. The van der Waals surface area contributed by atoms with E-state index in [-0.39, 0.29) is 12.5 Å². The first kappa shape index (κ1) is 17.7. The van der Waals surface area contributed by atoms with Crippen LogP contribution in [0.4, 0.5) is 0 Å². The summed E-state index contributed by atoms with van der Waals surface area (Å²) in [7, 11) is 0. The van der Waals surface area contributed by atoms with Crippen LogP contribution < -0.4 is 4.74 Å². The van der Waals surface area contributed by atoms with Gasteiger partial charge in [-0.15, -0.1) is 0 Å². The SMILES string of the molecule is Cc1cccc(-c2[nH]c3ccc(OC4CCCCC4)cc3c2CC(=O)O)c1. The predicted molar refractivity (Wildman–Crippen MR) is 107 cm³/mol. The minimum Gasteiger partial charge on any atom is -0.490 e. The molecule has 140 valence electrons. The van der Waals surface area contributed by atoms with Gasteiger partial charge < -0.3 is 14.8 Å². The summed E-state index contributed by atoms with van der Waals surface area (Å²) >= 11 is 0. The van der Waals surface area contributed by atoms with Gasteiger partial charge in [0.15, 0.2) is 0 Å². The third kappa shape index (κ3) is 3.85. The third-order valence-electron chi connectivity index (χ3n) is 5.37. The van der Waals surface area contributed by atoms with Gasteiger partial charge in [0.1, 0.15) is 5.75 Å². The van der Waals surface area contributed by atoms with Crippen LogP contribution in [0.15, 0.2) is 42.5 Å². The number of carboxylic acid groups (broad SMARTS) is 1. The van der Waals surface area contributed by atoms with Crippen molar-refractivity contribution in [2.75, 3.05) is 0 Å². The van der Waals surface area contributed by atoms with Crippen LogP contribution in [0.25, 0.3) is 22.2 Å². The minimum absolute atomic E-state index is 0.0177. The van der Waals surface area contributed by atoms with Gasteiger partial charge in [0.25, 0.3) is 0 Å². The summed E-state index contributed by atoms with van der Waals surface area (Å²) in [5.74, 6) is -0.000707. The first-order valence-corrected chi connectivity index (χ1v) is 9.70. The number of nitrogens with one attached hydrogen (secondary N) is 1. The van der Waals surface area contributed by atoms with Crippen LogP contribution in [0.3, 0.4) is 0 Å². The Bertz CT molecular complexity index is 967. The molecule has 27 heavy (non-hydrogen) atoms. The molecule has 3 aromatic rings. The van der Waals surface area contributed by atoms with Crippen molar-refractivity contribution < 1.29 is 14.6 Å². The van der Waals surface area contributed by atoms with Crippen molar-refractivity contribution in [3.8, 4) is 17.0 Å². The summed E-state index contributed by atoms with van der Waals surface area (Å²) < 4.78 is 6.20. The molecule has 4 heteroatoms. The number of hydrogen-bond donors (Lipinski definition) is 2. The first-order chi connectivity index (χ1) is 13.1. The summed E-state index contributed by atoms with van der Waals surface area (Å²) in [4.78, 5) is 14.9. The molecular weight excluding hydrogens is 338 g/mol. The van der Waals surface area contributed by atoms with Crippen LogP contribution in [0.5, 0.6) is 5.75 Å². The van der Waals surface area contributed by atoms with Gasteiger partial charge in [-0.1, -0.05) is 30.2 Å². The Balaban J connectivity index is 1.76. The number of aliphatic carboxylic acids is 1. The number of fused-ring (bicyclic) bond motifs is 1. The zero-order valence-electron chi connectivity index (χ0n) is 15.6. The Kier molecular flexibility index (Phi) is 4.88. The maximum Gasteiger partial charge on any atom is 0.307 e. The van der Waals surface area contributed by atoms with Gasteiger partial charge in [0, 0.05) is 10.9 Å². The van der Waals surface area contributed by atoms with Gasteiger partial charge in [-0.05, 0) is 68.0 Å². The van der Waals surface area contributed by atoms with Crippen LogP contribution in [0.2, 0.25) is 0 Å². The number of H-pyrrole nitrogens is 1. The maximum absolute atomic E-state index is 11.5. The van der Waals surface area contributed by atoms with Gasteiger partial charge in [0.05, 0.1) is 18.2 Å². The van der Waals surface area contributed by atoms with Gasteiger partial charge in [-0.25, -0.2) is 0 Å². The first-order valence-electron chi connectivity index (χ1n) is 9.70. The van der Waals surface area contributed by atoms with E-state index in [0.717, 1.165) is 51.9 Å². The zero-order valence-corrected chi connectivity index (χ0v) is 15.6. The molecule has 0 aliphatic heterocycles. The van der Waals surface area contributed by atoms with Crippen LogP contribution in [-0.4, -0.2) is 22.2 Å². The molecule has 2 N–H and O–H groups in total. The number of carboxylic acids is 1. The van der Waals surface area contributed by atoms with E-state index in [9.17, 15) is 9.90 Å². The van der Waals surface area contributed by atoms with E-state index in [4.69, 9.17) is 4.74 Å². The molecule has 1 heterocycles. The molecule has 4 nitrogen and oxygen atoms in total. The fraction of sp³-hybridized carbons (Fsp3) is 0.348. The lowest BCUT2D eigenvalue weighted by Crippen LogP contribution is -2.19. The molecule has 1 fully saturated rings. The smallest absolute Gasteiger partial charge is 0.307 e. The Morgan fingerprint density at radius 2 is 1.96 bits per heavy atom. The molecule has 0 spiro atoms. The number of rotatable bonds is 5. The topological polar surface area (TPSA) is 62.3 Å². The fourth-order valence-corrected chi connectivity index (χ4v) is 4.06. The second-order valence-corrected chi connectivity index (χ2v) is 7.50. The van der Waals surface area contributed by atoms with Crippen LogP contribution >= 0.6 is 0 Å². The molecular formula is C23H25NO3. The molecule has 1 aliphatic rings. The zero-order chi connectivity index (χ0) is 18.8. The van der Waals surface area contributed by atoms with Crippen molar-refractivity contribution in [1.82, 2.24) is 4.98 Å². The summed E-state index contributed by atoms with van der Waals surface area (Å²) in [6.45, 7) is 2.04. The second-order valence-electron chi connectivity index (χ2n) is 7.50. The van der Waals surface area contributed by atoms with Crippen LogP contribution in [-0.2, 0) is 11.2 Å². The summed E-state index contributed by atoms with van der Waals surface area (Å²) in [6, 6.07) is 14.1. The highest BCUT2D eigenvalue weighted by molar-refractivity contribution is 5.94. The molecule has 4 rings (SSSR count). The number of aromatic nitrogens is 1. The van der Waals surface area contributed by atoms with Gasteiger partial charge in [0.2, 0.25) is 0 Å². The highest BCUT2D eigenvalue weighted by Crippen LogP contribution is 2.34. The van der Waals surface area contributed by atoms with E-state index in [0.29, 0.717) is 0 Å².